The summed E-state index contributed by atoms with van der Waals surface area (Å²) in [5, 5.41) is 12.5. The number of Topliss-reactive ketones (excluding diaryl/α,β-unsaturated/α-hetero) is 1. The van der Waals surface area contributed by atoms with E-state index >= 15 is 0 Å². The van der Waals surface area contributed by atoms with Gasteiger partial charge in [-0.15, -0.1) is 11.3 Å². The topological polar surface area (TPSA) is 72.7 Å². The molecule has 0 spiro atoms. The van der Waals surface area contributed by atoms with E-state index in [0.717, 1.165) is 24.2 Å². The molecule has 0 N–H and O–H groups in total. The average molecular weight is 501 g/mol. The number of fused-ring (bicyclic) bond motifs is 3. The Morgan fingerprint density at radius 3 is 2.64 bits per heavy atom. The normalized spacial score (nSPS) is 13.0. The monoisotopic (exact) mass is 500 g/mol. The largest absolute Gasteiger partial charge is 0.491 e. The van der Waals surface area contributed by atoms with E-state index in [4.69, 9.17) is 4.74 Å². The highest BCUT2D eigenvalue weighted by atomic mass is 32.1. The van der Waals surface area contributed by atoms with Crippen LogP contribution in [0.25, 0.3) is 10.1 Å². The van der Waals surface area contributed by atoms with Crippen LogP contribution in [0.4, 0.5) is 5.69 Å². The maximum absolute atomic E-state index is 13.0. The van der Waals surface area contributed by atoms with Crippen molar-refractivity contribution in [3.63, 3.8) is 0 Å². The van der Waals surface area contributed by atoms with Crippen LogP contribution in [0.3, 0.4) is 0 Å². The van der Waals surface area contributed by atoms with Gasteiger partial charge in [-0.3, -0.25) is 19.8 Å². The number of ether oxygens (including phenoxy) is 1. The number of ketones is 1. The molecule has 0 saturated heterocycles. The fourth-order valence-electron chi connectivity index (χ4n) is 4.80. The second kappa shape index (κ2) is 11.0. The molecule has 6 nitrogen and oxygen atoms in total. The van der Waals surface area contributed by atoms with Crippen molar-refractivity contribution >= 4 is 32.9 Å². The SMILES string of the molecule is O=C(CN(CCOc1cccc2c3c(sc12)CCCC3)Cc1ccccc1)c1cccc([N+](=O)[O-])c1. The van der Waals surface area contributed by atoms with E-state index in [1.165, 1.54) is 45.5 Å². The Kier molecular flexibility index (Phi) is 7.39. The lowest BCUT2D eigenvalue weighted by atomic mass is 9.96. The van der Waals surface area contributed by atoms with Gasteiger partial charge in [-0.05, 0) is 48.3 Å². The molecule has 7 heteroatoms. The molecule has 1 aliphatic carbocycles. The van der Waals surface area contributed by atoms with Crippen LogP contribution in [0.15, 0.2) is 72.8 Å². The molecule has 1 heterocycles. The summed E-state index contributed by atoms with van der Waals surface area (Å²) in [5.74, 6) is 0.749. The maximum atomic E-state index is 13.0. The van der Waals surface area contributed by atoms with E-state index in [0.29, 0.717) is 25.3 Å². The zero-order valence-electron chi connectivity index (χ0n) is 20.0. The molecule has 36 heavy (non-hydrogen) atoms. The van der Waals surface area contributed by atoms with Gasteiger partial charge >= 0.3 is 0 Å². The number of rotatable bonds is 10. The third-order valence-corrected chi connectivity index (χ3v) is 7.93. The number of nitrogens with zero attached hydrogens (tertiary/aromatic N) is 2. The quantitative estimate of drug-likeness (QED) is 0.142. The summed E-state index contributed by atoms with van der Waals surface area (Å²) in [6.07, 6.45) is 4.79. The van der Waals surface area contributed by atoms with Gasteiger partial charge in [-0.2, -0.15) is 0 Å². The minimum Gasteiger partial charge on any atom is -0.491 e. The minimum atomic E-state index is -0.477. The second-order valence-corrected chi connectivity index (χ2v) is 10.2. The van der Waals surface area contributed by atoms with Crippen LogP contribution in [0.1, 0.15) is 39.2 Å². The summed E-state index contributed by atoms with van der Waals surface area (Å²) < 4.78 is 7.49. The number of hydrogen-bond donors (Lipinski definition) is 0. The van der Waals surface area contributed by atoms with Gasteiger partial charge in [0.1, 0.15) is 12.4 Å². The van der Waals surface area contributed by atoms with Crippen LogP contribution in [-0.2, 0) is 19.4 Å². The fraction of sp³-hybridized carbons (Fsp3) is 0.276. The zero-order valence-corrected chi connectivity index (χ0v) is 20.8. The lowest BCUT2D eigenvalue weighted by Gasteiger charge is -2.22. The van der Waals surface area contributed by atoms with Crippen molar-refractivity contribution in [2.45, 2.75) is 32.2 Å². The van der Waals surface area contributed by atoms with Crippen LogP contribution in [0.5, 0.6) is 5.75 Å². The van der Waals surface area contributed by atoms with Gasteiger partial charge < -0.3 is 4.74 Å². The lowest BCUT2D eigenvalue weighted by molar-refractivity contribution is -0.384. The molecule has 5 rings (SSSR count). The van der Waals surface area contributed by atoms with Crippen molar-refractivity contribution in [2.24, 2.45) is 0 Å². The van der Waals surface area contributed by atoms with Gasteiger partial charge in [0.2, 0.25) is 0 Å². The molecule has 0 unspecified atom stereocenters. The smallest absolute Gasteiger partial charge is 0.270 e. The first-order valence-electron chi connectivity index (χ1n) is 12.3. The zero-order chi connectivity index (χ0) is 24.9. The number of aryl methyl sites for hydroxylation is 2. The first-order valence-corrected chi connectivity index (χ1v) is 13.1. The van der Waals surface area contributed by atoms with Crippen molar-refractivity contribution in [2.75, 3.05) is 19.7 Å². The van der Waals surface area contributed by atoms with Crippen LogP contribution in [0, 0.1) is 10.1 Å². The predicted molar refractivity (Wildman–Crippen MR) is 143 cm³/mol. The van der Waals surface area contributed by atoms with Gasteiger partial charge in [-0.25, -0.2) is 0 Å². The van der Waals surface area contributed by atoms with Gasteiger partial charge in [0.05, 0.1) is 16.2 Å². The first kappa shape index (κ1) is 24.2. The Bertz CT molecular complexity index is 1380. The number of non-ortho nitro benzene ring substituents is 1. The van der Waals surface area contributed by atoms with E-state index < -0.39 is 4.92 Å². The van der Waals surface area contributed by atoms with E-state index in [-0.39, 0.29) is 18.0 Å². The Morgan fingerprint density at radius 1 is 1.00 bits per heavy atom. The lowest BCUT2D eigenvalue weighted by Crippen LogP contribution is -2.33. The van der Waals surface area contributed by atoms with Crippen molar-refractivity contribution in [1.82, 2.24) is 4.90 Å². The molecule has 3 aromatic carbocycles. The number of carbonyl (C=O) groups excluding carboxylic acids is 1. The summed E-state index contributed by atoms with van der Waals surface area (Å²) in [4.78, 5) is 27.2. The maximum Gasteiger partial charge on any atom is 0.270 e. The van der Waals surface area contributed by atoms with E-state index in [2.05, 4.69) is 12.1 Å². The molecule has 0 radical (unpaired) electrons. The first-order chi connectivity index (χ1) is 17.6. The highest BCUT2D eigenvalue weighted by molar-refractivity contribution is 7.19. The standard InChI is InChI=1S/C29H28N2O4S/c32-26(22-10-6-11-23(18-22)31(33)34)20-30(19-21-8-2-1-3-9-21)16-17-35-27-14-7-13-25-24-12-4-5-15-28(24)36-29(25)27/h1-3,6-11,13-14,18H,4-5,12,15-17,19-20H2. The highest BCUT2D eigenvalue weighted by Crippen LogP contribution is 2.40. The van der Waals surface area contributed by atoms with Gasteiger partial charge in [-0.1, -0.05) is 54.6 Å². The number of benzene rings is 3. The predicted octanol–water partition coefficient (Wildman–Crippen LogP) is 6.45. The van der Waals surface area contributed by atoms with E-state index in [1.54, 1.807) is 12.1 Å². The van der Waals surface area contributed by atoms with Crippen molar-refractivity contribution < 1.29 is 14.5 Å². The Balaban J connectivity index is 1.30. The number of hydrogen-bond acceptors (Lipinski definition) is 6. The highest BCUT2D eigenvalue weighted by Gasteiger charge is 2.19. The molecular weight excluding hydrogens is 472 g/mol. The Hall–Kier alpha value is -3.55. The third-order valence-electron chi connectivity index (χ3n) is 6.61. The fourth-order valence-corrected chi connectivity index (χ4v) is 6.16. The summed E-state index contributed by atoms with van der Waals surface area (Å²) >= 11 is 1.85. The second-order valence-electron chi connectivity index (χ2n) is 9.12. The molecule has 0 fully saturated rings. The van der Waals surface area contributed by atoms with Crippen molar-refractivity contribution in [3.8, 4) is 5.75 Å². The summed E-state index contributed by atoms with van der Waals surface area (Å²) in [7, 11) is 0. The number of thiophene rings is 1. The van der Waals surface area contributed by atoms with Crippen molar-refractivity contribution in [1.29, 1.82) is 0 Å². The molecule has 1 aromatic heterocycles. The van der Waals surface area contributed by atoms with Crippen LogP contribution >= 0.6 is 11.3 Å². The number of nitro benzene ring substituents is 1. The molecule has 0 aliphatic heterocycles. The molecule has 0 amide bonds. The van der Waals surface area contributed by atoms with Crippen LogP contribution < -0.4 is 4.74 Å². The Labute approximate surface area is 214 Å². The molecule has 0 atom stereocenters. The molecule has 0 bridgehead atoms. The Morgan fingerprint density at radius 2 is 1.81 bits per heavy atom. The summed E-state index contributed by atoms with van der Waals surface area (Å²) in [5.41, 5.74) is 2.85. The van der Waals surface area contributed by atoms with Crippen LogP contribution in [-0.4, -0.2) is 35.3 Å². The third kappa shape index (κ3) is 5.48. The molecule has 1 aliphatic rings. The number of carbonyl (C=O) groups is 1. The molecule has 0 saturated carbocycles. The summed E-state index contributed by atoms with van der Waals surface area (Å²) in [6.45, 7) is 1.73. The van der Waals surface area contributed by atoms with E-state index in [1.807, 2.05) is 52.6 Å². The number of nitro groups is 1. The summed E-state index contributed by atoms with van der Waals surface area (Å²) in [6, 6.07) is 22.2. The average Bonchev–Trinajstić information content (AvgIpc) is 3.29. The van der Waals surface area contributed by atoms with Crippen LogP contribution in [0.2, 0.25) is 0 Å². The minimum absolute atomic E-state index is 0.0782. The molecule has 184 valence electrons. The van der Waals surface area contributed by atoms with Gasteiger partial charge in [0, 0.05) is 35.7 Å². The molecule has 4 aromatic rings. The van der Waals surface area contributed by atoms with Crippen molar-refractivity contribution in [3.05, 3.63) is 104 Å². The van der Waals surface area contributed by atoms with E-state index in [9.17, 15) is 14.9 Å². The van der Waals surface area contributed by atoms with Gasteiger partial charge in [0.25, 0.3) is 5.69 Å². The van der Waals surface area contributed by atoms with Gasteiger partial charge in [0.15, 0.2) is 5.78 Å². The molecular formula is C29H28N2O4S.